The summed E-state index contributed by atoms with van der Waals surface area (Å²) >= 11 is 0. The highest BCUT2D eigenvalue weighted by molar-refractivity contribution is 5.99. The van der Waals surface area contributed by atoms with Crippen LogP contribution >= 0.6 is 0 Å². The van der Waals surface area contributed by atoms with Crippen molar-refractivity contribution in [3.8, 4) is 6.07 Å². The first-order valence-corrected chi connectivity index (χ1v) is 8.19. The zero-order valence-corrected chi connectivity index (χ0v) is 14.2. The number of amides is 2. The number of aromatic amines is 1. The van der Waals surface area contributed by atoms with Crippen LogP contribution in [0.4, 0.5) is 0 Å². The molecular formula is C20H18N4O2. The Morgan fingerprint density at radius 3 is 2.62 bits per heavy atom. The first kappa shape index (κ1) is 17.2. The lowest BCUT2D eigenvalue weighted by atomic mass is 10.0. The van der Waals surface area contributed by atoms with Gasteiger partial charge in [-0.1, -0.05) is 42.5 Å². The van der Waals surface area contributed by atoms with E-state index in [1.165, 1.54) is 0 Å². The summed E-state index contributed by atoms with van der Waals surface area (Å²) in [7, 11) is 0. The predicted octanol–water partition coefficient (Wildman–Crippen LogP) is 2.59. The van der Waals surface area contributed by atoms with Crippen molar-refractivity contribution in [1.82, 2.24) is 15.6 Å². The third kappa shape index (κ3) is 3.73. The molecule has 1 unspecified atom stereocenters. The van der Waals surface area contributed by atoms with Crippen molar-refractivity contribution in [2.45, 2.75) is 13.0 Å². The number of hydrogen-bond acceptors (Lipinski definition) is 3. The van der Waals surface area contributed by atoms with E-state index in [0.717, 1.165) is 22.0 Å². The number of rotatable bonds is 5. The molecule has 0 bridgehead atoms. The number of nitriles is 1. The van der Waals surface area contributed by atoms with Crippen LogP contribution in [0.2, 0.25) is 0 Å². The molecule has 1 heterocycles. The fourth-order valence-electron chi connectivity index (χ4n) is 2.75. The van der Waals surface area contributed by atoms with Gasteiger partial charge in [0.25, 0.3) is 5.91 Å². The molecule has 0 aliphatic heterocycles. The predicted molar refractivity (Wildman–Crippen MR) is 98.3 cm³/mol. The van der Waals surface area contributed by atoms with Crippen LogP contribution in [0.5, 0.6) is 0 Å². The molecule has 2 aromatic carbocycles. The zero-order chi connectivity index (χ0) is 18.5. The lowest BCUT2D eigenvalue weighted by Crippen LogP contribution is -2.38. The van der Waals surface area contributed by atoms with E-state index < -0.39 is 11.9 Å². The molecule has 1 aromatic heterocycles. The molecule has 0 saturated carbocycles. The van der Waals surface area contributed by atoms with E-state index >= 15 is 0 Å². The van der Waals surface area contributed by atoms with Crippen molar-refractivity contribution in [3.63, 3.8) is 0 Å². The first-order chi connectivity index (χ1) is 12.6. The van der Waals surface area contributed by atoms with Crippen molar-refractivity contribution in [2.24, 2.45) is 0 Å². The minimum Gasteiger partial charge on any atom is -0.351 e. The van der Waals surface area contributed by atoms with Gasteiger partial charge >= 0.3 is 0 Å². The molecular weight excluding hydrogens is 328 g/mol. The molecule has 130 valence electrons. The van der Waals surface area contributed by atoms with Crippen LogP contribution in [0.1, 0.15) is 27.7 Å². The first-order valence-electron chi connectivity index (χ1n) is 8.19. The zero-order valence-electron chi connectivity index (χ0n) is 14.2. The van der Waals surface area contributed by atoms with E-state index in [0.29, 0.717) is 5.69 Å². The Labute approximate surface area is 150 Å². The van der Waals surface area contributed by atoms with Gasteiger partial charge in [0.05, 0.1) is 12.6 Å². The summed E-state index contributed by atoms with van der Waals surface area (Å²) in [5.41, 5.74) is 2.90. The maximum atomic E-state index is 12.2. The topological polar surface area (TPSA) is 97.8 Å². The lowest BCUT2D eigenvalue weighted by molar-refractivity contribution is -0.120. The Morgan fingerprint density at radius 1 is 1.15 bits per heavy atom. The molecule has 0 spiro atoms. The van der Waals surface area contributed by atoms with Gasteiger partial charge in [0, 0.05) is 10.9 Å². The van der Waals surface area contributed by atoms with Crippen molar-refractivity contribution in [2.75, 3.05) is 6.54 Å². The third-order valence-electron chi connectivity index (χ3n) is 4.12. The molecule has 2 amide bonds. The second-order valence-electron chi connectivity index (χ2n) is 5.94. The van der Waals surface area contributed by atoms with Crippen LogP contribution in [-0.2, 0) is 4.79 Å². The second kappa shape index (κ2) is 7.53. The number of carbonyl (C=O) groups excluding carboxylic acids is 2. The van der Waals surface area contributed by atoms with Gasteiger partial charge in [-0.15, -0.1) is 0 Å². The molecule has 6 nitrogen and oxygen atoms in total. The van der Waals surface area contributed by atoms with Crippen LogP contribution in [-0.4, -0.2) is 23.3 Å². The van der Waals surface area contributed by atoms with Crippen molar-refractivity contribution in [3.05, 3.63) is 71.4 Å². The average molecular weight is 346 g/mol. The maximum Gasteiger partial charge on any atom is 0.268 e. The molecule has 0 aliphatic rings. The lowest BCUT2D eigenvalue weighted by Gasteiger charge is -2.14. The number of aryl methyl sites for hydroxylation is 1. The fourth-order valence-corrected chi connectivity index (χ4v) is 2.75. The highest BCUT2D eigenvalue weighted by atomic mass is 16.2. The normalized spacial score (nSPS) is 11.5. The summed E-state index contributed by atoms with van der Waals surface area (Å²) in [6.45, 7) is 1.67. The maximum absolute atomic E-state index is 12.2. The summed E-state index contributed by atoms with van der Waals surface area (Å²) in [5, 5.41) is 15.4. The van der Waals surface area contributed by atoms with Crippen LogP contribution < -0.4 is 10.6 Å². The van der Waals surface area contributed by atoms with Gasteiger partial charge in [-0.3, -0.25) is 9.59 Å². The van der Waals surface area contributed by atoms with Crippen LogP contribution in [0.15, 0.2) is 54.6 Å². The Bertz CT molecular complexity index is 967. The summed E-state index contributed by atoms with van der Waals surface area (Å²) < 4.78 is 0. The SMILES string of the molecule is Cc1ccccc1C(C#N)NC(=O)CNC(=O)c1cc2ccccc2[nH]1. The number of para-hydroxylation sites is 1. The van der Waals surface area contributed by atoms with Crippen molar-refractivity contribution < 1.29 is 9.59 Å². The number of hydrogen-bond donors (Lipinski definition) is 3. The summed E-state index contributed by atoms with van der Waals surface area (Å²) in [5.74, 6) is -0.801. The Morgan fingerprint density at radius 2 is 1.88 bits per heavy atom. The van der Waals surface area contributed by atoms with Gasteiger partial charge < -0.3 is 15.6 Å². The smallest absolute Gasteiger partial charge is 0.268 e. The van der Waals surface area contributed by atoms with Crippen LogP contribution in [0.25, 0.3) is 10.9 Å². The van der Waals surface area contributed by atoms with E-state index in [1.807, 2.05) is 49.4 Å². The third-order valence-corrected chi connectivity index (χ3v) is 4.12. The van der Waals surface area contributed by atoms with Crippen molar-refractivity contribution in [1.29, 1.82) is 5.26 Å². The Hall–Kier alpha value is -3.59. The number of aromatic nitrogens is 1. The molecule has 6 heteroatoms. The average Bonchev–Trinajstić information content (AvgIpc) is 3.09. The molecule has 1 atom stereocenters. The molecule has 0 fully saturated rings. The van der Waals surface area contributed by atoms with Gasteiger partial charge in [0.2, 0.25) is 5.91 Å². The van der Waals surface area contributed by atoms with Gasteiger partial charge in [0.15, 0.2) is 0 Å². The molecule has 3 N–H and O–H groups in total. The summed E-state index contributed by atoms with van der Waals surface area (Å²) in [6, 6.07) is 17.9. The second-order valence-corrected chi connectivity index (χ2v) is 5.94. The minimum atomic E-state index is -0.756. The largest absolute Gasteiger partial charge is 0.351 e. The van der Waals surface area contributed by atoms with E-state index in [4.69, 9.17) is 0 Å². The molecule has 3 aromatic rings. The number of benzene rings is 2. The highest BCUT2D eigenvalue weighted by Gasteiger charge is 2.16. The summed E-state index contributed by atoms with van der Waals surface area (Å²) in [4.78, 5) is 27.3. The highest BCUT2D eigenvalue weighted by Crippen LogP contribution is 2.16. The van der Waals surface area contributed by atoms with Gasteiger partial charge in [-0.25, -0.2) is 0 Å². The van der Waals surface area contributed by atoms with Gasteiger partial charge in [0.1, 0.15) is 11.7 Å². The van der Waals surface area contributed by atoms with E-state index in [2.05, 4.69) is 21.7 Å². The molecule has 0 aliphatic carbocycles. The Kier molecular flexibility index (Phi) is 4.99. The minimum absolute atomic E-state index is 0.210. The molecule has 3 rings (SSSR count). The quantitative estimate of drug-likeness (QED) is 0.662. The monoisotopic (exact) mass is 346 g/mol. The molecule has 0 radical (unpaired) electrons. The van der Waals surface area contributed by atoms with E-state index in [1.54, 1.807) is 12.1 Å². The van der Waals surface area contributed by atoms with Crippen LogP contribution in [0, 0.1) is 18.3 Å². The fraction of sp³-hybridized carbons (Fsp3) is 0.150. The van der Waals surface area contributed by atoms with Gasteiger partial charge in [-0.05, 0) is 30.2 Å². The number of carbonyl (C=O) groups is 2. The molecule has 26 heavy (non-hydrogen) atoms. The standard InChI is InChI=1S/C20H18N4O2/c1-13-6-2-4-8-15(13)18(11-21)24-19(25)12-22-20(26)17-10-14-7-3-5-9-16(14)23-17/h2-10,18,23H,12H2,1H3,(H,22,26)(H,24,25). The Balaban J connectivity index is 1.60. The number of nitrogens with zero attached hydrogens (tertiary/aromatic N) is 1. The molecule has 0 saturated heterocycles. The van der Waals surface area contributed by atoms with Crippen molar-refractivity contribution >= 4 is 22.7 Å². The number of fused-ring (bicyclic) bond motifs is 1. The van der Waals surface area contributed by atoms with E-state index in [9.17, 15) is 14.9 Å². The van der Waals surface area contributed by atoms with E-state index in [-0.39, 0.29) is 12.5 Å². The van der Waals surface area contributed by atoms with Crippen LogP contribution in [0.3, 0.4) is 0 Å². The number of H-pyrrole nitrogens is 1. The number of nitrogens with one attached hydrogen (secondary N) is 3. The van der Waals surface area contributed by atoms with Gasteiger partial charge in [-0.2, -0.15) is 5.26 Å². The summed E-state index contributed by atoms with van der Waals surface area (Å²) in [6.07, 6.45) is 0.